The predicted molar refractivity (Wildman–Crippen MR) is 70.2 cm³/mol. The molecule has 1 aliphatic heterocycles. The minimum Gasteiger partial charge on any atom is -0.494 e. The molecule has 1 heterocycles. The van der Waals surface area contributed by atoms with Gasteiger partial charge >= 0.3 is 0 Å². The zero-order chi connectivity index (χ0) is 13.7. The summed E-state index contributed by atoms with van der Waals surface area (Å²) in [4.78, 5) is 11.8. The standard InChI is InChI=1S/C14H23NO4/c1-14(17,11-5-3-2-4-6-11)10-15-13(16)12-9-18-7-8-19-12/h9,11,17H,2-8,10H2,1H3,(H,15,16)/t14-/m1/s1. The van der Waals surface area contributed by atoms with Crippen LogP contribution in [0.5, 0.6) is 0 Å². The fourth-order valence-corrected chi connectivity index (χ4v) is 2.70. The largest absolute Gasteiger partial charge is 0.494 e. The first-order valence-electron chi connectivity index (χ1n) is 7.05. The molecule has 0 bridgehead atoms. The van der Waals surface area contributed by atoms with Crippen LogP contribution in [0.4, 0.5) is 0 Å². The van der Waals surface area contributed by atoms with Gasteiger partial charge in [-0.05, 0) is 25.7 Å². The van der Waals surface area contributed by atoms with Crippen LogP contribution in [0.3, 0.4) is 0 Å². The summed E-state index contributed by atoms with van der Waals surface area (Å²) in [6.07, 6.45) is 6.97. The highest BCUT2D eigenvalue weighted by Gasteiger charge is 2.33. The number of ether oxygens (including phenoxy) is 2. The summed E-state index contributed by atoms with van der Waals surface area (Å²) in [5.41, 5.74) is -0.855. The van der Waals surface area contributed by atoms with Crippen LogP contribution < -0.4 is 5.32 Å². The van der Waals surface area contributed by atoms with E-state index in [-0.39, 0.29) is 24.1 Å². The Morgan fingerprint density at radius 2 is 2.16 bits per heavy atom. The second-order valence-electron chi connectivity index (χ2n) is 5.58. The van der Waals surface area contributed by atoms with E-state index in [4.69, 9.17) is 9.47 Å². The van der Waals surface area contributed by atoms with Crippen LogP contribution in [0.2, 0.25) is 0 Å². The molecule has 1 amide bonds. The Labute approximate surface area is 114 Å². The third-order valence-corrected chi connectivity index (χ3v) is 3.96. The van der Waals surface area contributed by atoms with Crippen LogP contribution in [0.15, 0.2) is 12.0 Å². The highest BCUT2D eigenvalue weighted by Crippen LogP contribution is 2.32. The van der Waals surface area contributed by atoms with E-state index in [1.165, 1.54) is 12.7 Å². The quantitative estimate of drug-likeness (QED) is 0.808. The molecule has 19 heavy (non-hydrogen) atoms. The number of carbonyl (C=O) groups is 1. The number of hydrogen-bond acceptors (Lipinski definition) is 4. The van der Waals surface area contributed by atoms with E-state index in [1.54, 1.807) is 6.92 Å². The van der Waals surface area contributed by atoms with Crippen LogP contribution in [0.25, 0.3) is 0 Å². The van der Waals surface area contributed by atoms with E-state index >= 15 is 0 Å². The van der Waals surface area contributed by atoms with E-state index in [9.17, 15) is 9.90 Å². The Morgan fingerprint density at radius 1 is 1.42 bits per heavy atom. The number of rotatable bonds is 4. The molecule has 0 unspecified atom stereocenters. The Bertz CT molecular complexity index is 345. The average molecular weight is 269 g/mol. The maximum atomic E-state index is 11.8. The molecule has 2 N–H and O–H groups in total. The molecule has 0 saturated heterocycles. The van der Waals surface area contributed by atoms with Gasteiger partial charge in [0.05, 0.1) is 5.60 Å². The van der Waals surface area contributed by atoms with Gasteiger partial charge in [0, 0.05) is 6.54 Å². The lowest BCUT2D eigenvalue weighted by molar-refractivity contribution is -0.124. The Balaban J connectivity index is 1.82. The fraction of sp³-hybridized carbons (Fsp3) is 0.786. The van der Waals surface area contributed by atoms with Crippen LogP contribution >= 0.6 is 0 Å². The van der Waals surface area contributed by atoms with Crippen molar-refractivity contribution in [3.05, 3.63) is 12.0 Å². The molecular weight excluding hydrogens is 246 g/mol. The SMILES string of the molecule is C[C@@](O)(CNC(=O)C1=COCCO1)C1CCCCC1. The van der Waals surface area contributed by atoms with E-state index in [1.807, 2.05) is 0 Å². The van der Waals surface area contributed by atoms with Crippen LogP contribution in [0.1, 0.15) is 39.0 Å². The Kier molecular flexibility index (Phi) is 4.69. The molecule has 108 valence electrons. The lowest BCUT2D eigenvalue weighted by Crippen LogP contribution is -2.47. The zero-order valence-corrected chi connectivity index (χ0v) is 11.5. The second kappa shape index (κ2) is 6.28. The predicted octanol–water partition coefficient (Wildman–Crippen LogP) is 1.32. The van der Waals surface area contributed by atoms with Crippen LogP contribution in [-0.4, -0.2) is 36.4 Å². The number of carbonyl (C=O) groups excluding carboxylic acids is 1. The van der Waals surface area contributed by atoms with Crippen molar-refractivity contribution in [3.63, 3.8) is 0 Å². The van der Waals surface area contributed by atoms with Crippen molar-refractivity contribution in [2.45, 2.75) is 44.6 Å². The van der Waals surface area contributed by atoms with Gasteiger partial charge < -0.3 is 19.9 Å². The third-order valence-electron chi connectivity index (χ3n) is 3.96. The summed E-state index contributed by atoms with van der Waals surface area (Å²) in [5.74, 6) is 0.125. The lowest BCUT2D eigenvalue weighted by atomic mass is 9.78. The molecule has 0 aromatic carbocycles. The molecule has 5 heteroatoms. The molecule has 5 nitrogen and oxygen atoms in total. The molecule has 0 radical (unpaired) electrons. The smallest absolute Gasteiger partial charge is 0.289 e. The normalized spacial score (nSPS) is 23.6. The summed E-state index contributed by atoms with van der Waals surface area (Å²) in [7, 11) is 0. The number of nitrogens with one attached hydrogen (secondary N) is 1. The molecule has 0 spiro atoms. The van der Waals surface area contributed by atoms with Crippen molar-refractivity contribution in [2.24, 2.45) is 5.92 Å². The van der Waals surface area contributed by atoms with Crippen molar-refractivity contribution in [1.29, 1.82) is 0 Å². The first-order chi connectivity index (χ1) is 9.09. The molecule has 0 aromatic rings. The van der Waals surface area contributed by atoms with Crippen molar-refractivity contribution < 1.29 is 19.4 Å². The van der Waals surface area contributed by atoms with Gasteiger partial charge in [-0.3, -0.25) is 4.79 Å². The van der Waals surface area contributed by atoms with Gasteiger partial charge in [0.25, 0.3) is 5.91 Å². The van der Waals surface area contributed by atoms with Gasteiger partial charge in [0.1, 0.15) is 19.5 Å². The van der Waals surface area contributed by atoms with Gasteiger partial charge in [0.2, 0.25) is 5.76 Å². The maximum absolute atomic E-state index is 11.8. The zero-order valence-electron chi connectivity index (χ0n) is 11.5. The summed E-state index contributed by atoms with van der Waals surface area (Å²) < 4.78 is 10.2. The summed E-state index contributed by atoms with van der Waals surface area (Å²) in [6, 6.07) is 0. The summed E-state index contributed by atoms with van der Waals surface area (Å²) >= 11 is 0. The number of hydrogen-bond donors (Lipinski definition) is 2. The summed E-state index contributed by atoms with van der Waals surface area (Å²) in [6.45, 7) is 2.90. The van der Waals surface area contributed by atoms with Crippen LogP contribution in [0, 0.1) is 5.92 Å². The maximum Gasteiger partial charge on any atom is 0.289 e. The Morgan fingerprint density at radius 3 is 2.79 bits per heavy atom. The average Bonchev–Trinajstić information content (AvgIpc) is 2.47. The lowest BCUT2D eigenvalue weighted by Gasteiger charge is -2.35. The Hall–Kier alpha value is -1.23. The molecule has 1 atom stereocenters. The number of amides is 1. The van der Waals surface area contributed by atoms with Crippen molar-refractivity contribution in [2.75, 3.05) is 19.8 Å². The molecule has 1 saturated carbocycles. The van der Waals surface area contributed by atoms with E-state index in [0.29, 0.717) is 13.2 Å². The molecule has 2 aliphatic rings. The minimum absolute atomic E-state index is 0.186. The molecular formula is C14H23NO4. The molecule has 1 aliphatic carbocycles. The fourth-order valence-electron chi connectivity index (χ4n) is 2.70. The van der Waals surface area contributed by atoms with Crippen molar-refractivity contribution in [3.8, 4) is 0 Å². The van der Waals surface area contributed by atoms with Gasteiger partial charge in [-0.25, -0.2) is 0 Å². The third kappa shape index (κ3) is 3.86. The highest BCUT2D eigenvalue weighted by atomic mass is 16.6. The molecule has 0 aromatic heterocycles. The minimum atomic E-state index is -0.855. The first-order valence-corrected chi connectivity index (χ1v) is 7.05. The van der Waals surface area contributed by atoms with Gasteiger partial charge in [-0.15, -0.1) is 0 Å². The van der Waals surface area contributed by atoms with Crippen molar-refractivity contribution >= 4 is 5.91 Å². The molecule has 2 rings (SSSR count). The van der Waals surface area contributed by atoms with E-state index < -0.39 is 5.60 Å². The second-order valence-corrected chi connectivity index (χ2v) is 5.58. The monoisotopic (exact) mass is 269 g/mol. The van der Waals surface area contributed by atoms with Gasteiger partial charge in [-0.1, -0.05) is 19.3 Å². The van der Waals surface area contributed by atoms with Gasteiger partial charge in [-0.2, -0.15) is 0 Å². The topological polar surface area (TPSA) is 67.8 Å². The highest BCUT2D eigenvalue weighted by molar-refractivity contribution is 5.91. The first kappa shape index (κ1) is 14.2. The van der Waals surface area contributed by atoms with Crippen molar-refractivity contribution in [1.82, 2.24) is 5.32 Å². The van der Waals surface area contributed by atoms with E-state index in [0.717, 1.165) is 25.7 Å². The van der Waals surface area contributed by atoms with Crippen LogP contribution in [-0.2, 0) is 14.3 Å². The van der Waals surface area contributed by atoms with E-state index in [2.05, 4.69) is 5.32 Å². The molecule has 1 fully saturated rings. The number of aliphatic hydroxyl groups is 1. The summed E-state index contributed by atoms with van der Waals surface area (Å²) in [5, 5.41) is 13.2. The van der Waals surface area contributed by atoms with Gasteiger partial charge in [0.15, 0.2) is 0 Å².